The molecule has 4 aromatic heterocycles. The highest BCUT2D eigenvalue weighted by molar-refractivity contribution is 8.00. The van der Waals surface area contributed by atoms with Gasteiger partial charge < -0.3 is 19.5 Å². The number of aromatic nitrogens is 4. The molecular weight excluding hydrogens is 430 g/mol. The van der Waals surface area contributed by atoms with Gasteiger partial charge in [0.25, 0.3) is 5.56 Å². The van der Waals surface area contributed by atoms with Crippen LogP contribution < -0.4 is 10.9 Å². The van der Waals surface area contributed by atoms with Crippen LogP contribution >= 0.6 is 34.4 Å². The van der Waals surface area contributed by atoms with Gasteiger partial charge in [-0.1, -0.05) is 23.1 Å². The van der Waals surface area contributed by atoms with E-state index in [1.807, 2.05) is 11.4 Å². The molecule has 5 heterocycles. The summed E-state index contributed by atoms with van der Waals surface area (Å²) >= 11 is 4.43. The molecule has 29 heavy (non-hydrogen) atoms. The van der Waals surface area contributed by atoms with Gasteiger partial charge >= 0.3 is 0 Å². The van der Waals surface area contributed by atoms with Crippen molar-refractivity contribution in [1.29, 1.82) is 0 Å². The number of H-pyrrole nitrogens is 1. The first-order valence-electron chi connectivity index (χ1n) is 9.12. The van der Waals surface area contributed by atoms with Crippen LogP contribution in [0.1, 0.15) is 18.7 Å². The quantitative estimate of drug-likeness (QED) is 0.410. The zero-order valence-corrected chi connectivity index (χ0v) is 17.7. The highest BCUT2D eigenvalue weighted by Gasteiger charge is 2.17. The van der Waals surface area contributed by atoms with E-state index in [2.05, 4.69) is 25.5 Å². The average Bonchev–Trinajstić information content (AvgIpc) is 3.52. The van der Waals surface area contributed by atoms with E-state index in [0.717, 1.165) is 41.0 Å². The van der Waals surface area contributed by atoms with Gasteiger partial charge in [0.05, 0.1) is 23.5 Å². The average molecular weight is 448 g/mol. The van der Waals surface area contributed by atoms with E-state index < -0.39 is 0 Å². The van der Waals surface area contributed by atoms with Crippen LogP contribution in [-0.4, -0.2) is 39.4 Å². The number of furan rings is 1. The van der Waals surface area contributed by atoms with Gasteiger partial charge in [0.1, 0.15) is 16.4 Å². The highest BCUT2D eigenvalue weighted by Crippen LogP contribution is 2.32. The molecule has 150 valence electrons. The van der Waals surface area contributed by atoms with Gasteiger partial charge in [-0.3, -0.25) is 4.79 Å². The largest absolute Gasteiger partial charge is 0.464 e. The summed E-state index contributed by atoms with van der Waals surface area (Å²) in [7, 11) is 0. The summed E-state index contributed by atoms with van der Waals surface area (Å²) in [5.74, 6) is 1.80. The number of hydrogen-bond acceptors (Lipinski definition) is 10. The number of nitrogens with one attached hydrogen (secondary N) is 2. The zero-order valence-electron chi connectivity index (χ0n) is 15.2. The zero-order chi connectivity index (χ0) is 19.6. The normalized spacial score (nSPS) is 16.6. The molecule has 2 N–H and O–H groups in total. The number of fused-ring (bicyclic) bond motifs is 1. The maximum Gasteiger partial charge on any atom is 0.260 e. The minimum atomic E-state index is -0.158. The Hall–Kier alpha value is -2.21. The number of thioether (sulfide) groups is 1. The number of aromatic amines is 1. The van der Waals surface area contributed by atoms with Gasteiger partial charge in [0.15, 0.2) is 4.34 Å². The number of hydrogen-bond donors (Lipinski definition) is 2. The van der Waals surface area contributed by atoms with Crippen molar-refractivity contribution in [3.8, 4) is 11.3 Å². The Bertz CT molecular complexity index is 1160. The van der Waals surface area contributed by atoms with Crippen molar-refractivity contribution in [1.82, 2.24) is 20.2 Å². The maximum atomic E-state index is 12.6. The molecule has 0 aromatic carbocycles. The summed E-state index contributed by atoms with van der Waals surface area (Å²) in [6.45, 7) is 1.59. The number of thiophene rings is 1. The van der Waals surface area contributed by atoms with Crippen LogP contribution in [0, 0.1) is 0 Å². The second kappa shape index (κ2) is 8.27. The van der Waals surface area contributed by atoms with Crippen molar-refractivity contribution >= 4 is 49.8 Å². The third kappa shape index (κ3) is 4.08. The lowest BCUT2D eigenvalue weighted by molar-refractivity contribution is 0.120. The van der Waals surface area contributed by atoms with Crippen molar-refractivity contribution in [2.75, 3.05) is 18.5 Å². The lowest BCUT2D eigenvalue weighted by Crippen LogP contribution is -2.18. The molecule has 0 bridgehead atoms. The molecule has 0 saturated carbocycles. The second-order valence-electron chi connectivity index (χ2n) is 6.50. The van der Waals surface area contributed by atoms with E-state index in [1.54, 1.807) is 12.3 Å². The van der Waals surface area contributed by atoms with E-state index in [1.165, 1.54) is 34.4 Å². The molecule has 0 radical (unpaired) electrons. The van der Waals surface area contributed by atoms with Gasteiger partial charge in [0.2, 0.25) is 5.13 Å². The Morgan fingerprint density at radius 3 is 3.17 bits per heavy atom. The third-order valence-corrected chi connectivity index (χ3v) is 7.42. The molecule has 0 unspecified atom stereocenters. The van der Waals surface area contributed by atoms with Gasteiger partial charge in [-0.2, -0.15) is 0 Å². The fraction of sp³-hybridized carbons (Fsp3) is 0.333. The smallest absolute Gasteiger partial charge is 0.260 e. The van der Waals surface area contributed by atoms with Crippen molar-refractivity contribution in [2.24, 2.45) is 0 Å². The molecule has 1 aliphatic rings. The third-order valence-electron chi connectivity index (χ3n) is 4.52. The van der Waals surface area contributed by atoms with Crippen LogP contribution in [0.15, 0.2) is 37.3 Å². The van der Waals surface area contributed by atoms with Crippen molar-refractivity contribution in [3.05, 3.63) is 40.0 Å². The van der Waals surface area contributed by atoms with E-state index in [9.17, 15) is 4.79 Å². The molecule has 4 aromatic rings. The summed E-state index contributed by atoms with van der Waals surface area (Å²) in [5.41, 5.74) is 0.614. The molecule has 5 rings (SSSR count). The van der Waals surface area contributed by atoms with Gasteiger partial charge in [-0.05, 0) is 25.0 Å². The van der Waals surface area contributed by atoms with Gasteiger partial charge in [0, 0.05) is 24.1 Å². The van der Waals surface area contributed by atoms with Crippen LogP contribution in [0.2, 0.25) is 0 Å². The standard InChI is InChI=1S/C18H17N5O3S3/c24-15-14-11(12-4-2-6-26-12)8-27-16(14)21-13(20-15)9-28-18-23-22-17(29-18)19-7-10-3-1-5-25-10/h2,4,6,8,10H,1,3,5,7,9H2,(H,19,22)(H,20,21,24)/t10-/m1/s1. The monoisotopic (exact) mass is 447 g/mol. The molecule has 1 aliphatic heterocycles. The molecule has 11 heteroatoms. The number of anilines is 1. The maximum absolute atomic E-state index is 12.6. The van der Waals surface area contributed by atoms with Crippen LogP contribution in [-0.2, 0) is 10.5 Å². The number of ether oxygens (including phenoxy) is 1. The number of nitrogens with zero attached hydrogens (tertiary/aromatic N) is 3. The summed E-state index contributed by atoms with van der Waals surface area (Å²) in [6, 6.07) is 3.64. The van der Waals surface area contributed by atoms with Crippen molar-refractivity contribution in [2.45, 2.75) is 29.0 Å². The van der Waals surface area contributed by atoms with Crippen molar-refractivity contribution in [3.63, 3.8) is 0 Å². The first-order chi connectivity index (χ1) is 14.3. The molecule has 8 nitrogen and oxygen atoms in total. The Kier molecular flexibility index (Phi) is 5.36. The fourth-order valence-electron chi connectivity index (χ4n) is 3.15. The molecule has 1 atom stereocenters. The van der Waals surface area contributed by atoms with E-state index >= 15 is 0 Å². The first-order valence-corrected chi connectivity index (χ1v) is 11.8. The molecule has 1 saturated heterocycles. The Balaban J connectivity index is 1.26. The minimum absolute atomic E-state index is 0.158. The summed E-state index contributed by atoms with van der Waals surface area (Å²) in [6.07, 6.45) is 4.05. The fourth-order valence-corrected chi connectivity index (χ4v) is 5.73. The Labute approximate surface area is 177 Å². The molecule has 0 aliphatic carbocycles. The SMILES string of the molecule is O=c1[nH]c(CSc2nnc(NC[C@H]3CCCO3)s2)nc2scc(-c3ccco3)c12. The Morgan fingerprint density at radius 2 is 2.34 bits per heavy atom. The summed E-state index contributed by atoms with van der Waals surface area (Å²) in [5, 5.41) is 14.9. The predicted octanol–water partition coefficient (Wildman–Crippen LogP) is 3.98. The lowest BCUT2D eigenvalue weighted by Gasteiger charge is -2.08. The van der Waals surface area contributed by atoms with E-state index in [0.29, 0.717) is 27.6 Å². The highest BCUT2D eigenvalue weighted by atomic mass is 32.2. The summed E-state index contributed by atoms with van der Waals surface area (Å²) < 4.78 is 11.8. The minimum Gasteiger partial charge on any atom is -0.464 e. The summed E-state index contributed by atoms with van der Waals surface area (Å²) in [4.78, 5) is 20.8. The van der Waals surface area contributed by atoms with Gasteiger partial charge in [-0.25, -0.2) is 4.98 Å². The number of rotatable bonds is 7. The first kappa shape index (κ1) is 18.8. The lowest BCUT2D eigenvalue weighted by atomic mass is 10.2. The molecule has 1 fully saturated rings. The second-order valence-corrected chi connectivity index (χ2v) is 9.56. The Morgan fingerprint density at radius 1 is 1.38 bits per heavy atom. The van der Waals surface area contributed by atoms with Crippen molar-refractivity contribution < 1.29 is 9.15 Å². The van der Waals surface area contributed by atoms with Crippen LogP contribution in [0.25, 0.3) is 21.5 Å². The topological polar surface area (TPSA) is 106 Å². The predicted molar refractivity (Wildman–Crippen MR) is 115 cm³/mol. The van der Waals surface area contributed by atoms with E-state index in [4.69, 9.17) is 9.15 Å². The molecule has 0 spiro atoms. The van der Waals surface area contributed by atoms with Crippen LogP contribution in [0.3, 0.4) is 0 Å². The van der Waals surface area contributed by atoms with E-state index in [-0.39, 0.29) is 11.7 Å². The van der Waals surface area contributed by atoms with Crippen LogP contribution in [0.5, 0.6) is 0 Å². The van der Waals surface area contributed by atoms with Crippen LogP contribution in [0.4, 0.5) is 5.13 Å². The molecular formula is C18H17N5O3S3. The molecule has 0 amide bonds. The van der Waals surface area contributed by atoms with Gasteiger partial charge in [-0.15, -0.1) is 21.5 Å².